The molecule has 0 spiro atoms. The van der Waals surface area contributed by atoms with Crippen molar-refractivity contribution in [1.82, 2.24) is 0 Å². The lowest BCUT2D eigenvalue weighted by Gasteiger charge is -2.27. The largest absolute Gasteiger partial charge is 0.377 e. The molecule has 16 heavy (non-hydrogen) atoms. The Morgan fingerprint density at radius 2 is 1.69 bits per heavy atom. The van der Waals surface area contributed by atoms with Crippen LogP contribution in [0.1, 0.15) is 65.2 Å². The van der Waals surface area contributed by atoms with Crippen LogP contribution < -0.4 is 0 Å². The SMILES string of the molecule is CCC(CC)COC1CCCCCCC1Br. The van der Waals surface area contributed by atoms with Gasteiger partial charge in [0.25, 0.3) is 0 Å². The van der Waals surface area contributed by atoms with Gasteiger partial charge in [-0.15, -0.1) is 0 Å². The van der Waals surface area contributed by atoms with Crippen molar-refractivity contribution in [2.45, 2.75) is 76.1 Å². The summed E-state index contributed by atoms with van der Waals surface area (Å²) in [5.74, 6) is 0.755. The summed E-state index contributed by atoms with van der Waals surface area (Å²) in [6.45, 7) is 5.49. The van der Waals surface area contributed by atoms with Gasteiger partial charge in [0, 0.05) is 11.4 Å². The first kappa shape index (κ1) is 14.5. The minimum Gasteiger partial charge on any atom is -0.377 e. The summed E-state index contributed by atoms with van der Waals surface area (Å²) in [5, 5.41) is 0. The minimum absolute atomic E-state index is 0.459. The van der Waals surface area contributed by atoms with Gasteiger partial charge >= 0.3 is 0 Å². The van der Waals surface area contributed by atoms with Gasteiger partial charge in [-0.1, -0.05) is 68.3 Å². The van der Waals surface area contributed by atoms with Crippen molar-refractivity contribution >= 4 is 15.9 Å². The lowest BCUT2D eigenvalue weighted by molar-refractivity contribution is 0.0174. The highest BCUT2D eigenvalue weighted by Gasteiger charge is 2.21. The van der Waals surface area contributed by atoms with Crippen molar-refractivity contribution in [2.75, 3.05) is 6.61 Å². The van der Waals surface area contributed by atoms with Gasteiger partial charge in [0.15, 0.2) is 0 Å². The first-order valence-corrected chi connectivity index (χ1v) is 7.95. The molecule has 2 heteroatoms. The molecule has 0 N–H and O–H groups in total. The Labute approximate surface area is 109 Å². The monoisotopic (exact) mass is 290 g/mol. The summed E-state index contributed by atoms with van der Waals surface area (Å²) in [7, 11) is 0. The van der Waals surface area contributed by atoms with E-state index in [-0.39, 0.29) is 0 Å². The quantitative estimate of drug-likeness (QED) is 0.653. The van der Waals surface area contributed by atoms with E-state index in [0.717, 1.165) is 12.5 Å². The average Bonchev–Trinajstić information content (AvgIpc) is 2.28. The number of alkyl halides is 1. The third kappa shape index (κ3) is 5.18. The van der Waals surface area contributed by atoms with Crippen LogP contribution in [0.4, 0.5) is 0 Å². The molecule has 0 aromatic rings. The number of ether oxygens (including phenoxy) is 1. The van der Waals surface area contributed by atoms with E-state index >= 15 is 0 Å². The van der Waals surface area contributed by atoms with Gasteiger partial charge in [-0.3, -0.25) is 0 Å². The molecule has 0 bridgehead atoms. The molecular formula is C14H27BrO. The molecule has 1 aliphatic carbocycles. The zero-order valence-electron chi connectivity index (χ0n) is 10.9. The molecule has 2 unspecified atom stereocenters. The summed E-state index contributed by atoms with van der Waals surface area (Å²) >= 11 is 3.81. The third-order valence-electron chi connectivity index (χ3n) is 3.82. The van der Waals surface area contributed by atoms with Gasteiger partial charge in [0.2, 0.25) is 0 Å². The molecule has 0 heterocycles. The van der Waals surface area contributed by atoms with Gasteiger partial charge < -0.3 is 4.74 Å². The highest BCUT2D eigenvalue weighted by molar-refractivity contribution is 9.09. The van der Waals surface area contributed by atoms with E-state index in [4.69, 9.17) is 4.74 Å². The highest BCUT2D eigenvalue weighted by atomic mass is 79.9. The predicted octanol–water partition coefficient (Wildman–Crippen LogP) is 4.93. The molecule has 0 radical (unpaired) electrons. The van der Waals surface area contributed by atoms with Gasteiger partial charge in [0.1, 0.15) is 0 Å². The molecule has 0 saturated heterocycles. The lowest BCUT2D eigenvalue weighted by Crippen LogP contribution is -2.27. The molecule has 1 nitrogen and oxygen atoms in total. The molecule has 96 valence electrons. The second kappa shape index (κ2) is 8.52. The van der Waals surface area contributed by atoms with E-state index in [1.807, 2.05) is 0 Å². The molecule has 1 aliphatic rings. The summed E-state index contributed by atoms with van der Waals surface area (Å²) in [5.41, 5.74) is 0. The van der Waals surface area contributed by atoms with Gasteiger partial charge in [-0.05, 0) is 18.8 Å². The van der Waals surface area contributed by atoms with E-state index in [9.17, 15) is 0 Å². The number of halogens is 1. The average molecular weight is 291 g/mol. The maximum atomic E-state index is 6.13. The highest BCUT2D eigenvalue weighted by Crippen LogP contribution is 2.26. The summed E-state index contributed by atoms with van der Waals surface area (Å²) in [4.78, 5) is 0.585. The van der Waals surface area contributed by atoms with Crippen LogP contribution in [-0.2, 0) is 4.74 Å². The minimum atomic E-state index is 0.459. The molecule has 1 saturated carbocycles. The van der Waals surface area contributed by atoms with Crippen LogP contribution in [0.15, 0.2) is 0 Å². The smallest absolute Gasteiger partial charge is 0.0700 e. The number of hydrogen-bond donors (Lipinski definition) is 0. The number of hydrogen-bond acceptors (Lipinski definition) is 1. The molecule has 0 aliphatic heterocycles. The molecule has 0 aromatic carbocycles. The first-order valence-electron chi connectivity index (χ1n) is 7.03. The molecule has 1 rings (SSSR count). The predicted molar refractivity (Wildman–Crippen MR) is 74.2 cm³/mol. The fourth-order valence-corrected chi connectivity index (χ4v) is 3.12. The van der Waals surface area contributed by atoms with Gasteiger partial charge in [-0.25, -0.2) is 0 Å². The second-order valence-corrected chi connectivity index (χ2v) is 6.24. The fraction of sp³-hybridized carbons (Fsp3) is 1.00. The van der Waals surface area contributed by atoms with Gasteiger partial charge in [-0.2, -0.15) is 0 Å². The Morgan fingerprint density at radius 3 is 2.31 bits per heavy atom. The van der Waals surface area contributed by atoms with E-state index < -0.39 is 0 Å². The van der Waals surface area contributed by atoms with E-state index in [1.165, 1.54) is 51.4 Å². The maximum absolute atomic E-state index is 6.13. The molecule has 1 fully saturated rings. The Bertz CT molecular complexity index is 168. The van der Waals surface area contributed by atoms with Gasteiger partial charge in [0.05, 0.1) is 6.10 Å². The van der Waals surface area contributed by atoms with E-state index in [1.54, 1.807) is 0 Å². The van der Waals surface area contributed by atoms with Crippen molar-refractivity contribution < 1.29 is 4.74 Å². The molecular weight excluding hydrogens is 264 g/mol. The Hall–Kier alpha value is 0.440. The third-order valence-corrected chi connectivity index (χ3v) is 4.87. The number of rotatable bonds is 5. The molecule has 0 amide bonds. The van der Waals surface area contributed by atoms with Crippen LogP contribution in [-0.4, -0.2) is 17.5 Å². The summed E-state index contributed by atoms with van der Waals surface area (Å²) in [6, 6.07) is 0. The summed E-state index contributed by atoms with van der Waals surface area (Å²) in [6.07, 6.45) is 11.0. The van der Waals surface area contributed by atoms with E-state index in [0.29, 0.717) is 10.9 Å². The topological polar surface area (TPSA) is 9.23 Å². The standard InChI is InChI=1S/C14H27BrO/c1-3-12(4-2)11-16-14-10-8-6-5-7-9-13(14)15/h12-14H,3-11H2,1-2H3. The van der Waals surface area contributed by atoms with Crippen molar-refractivity contribution in [3.63, 3.8) is 0 Å². The fourth-order valence-electron chi connectivity index (χ4n) is 2.38. The zero-order chi connectivity index (χ0) is 11.8. The van der Waals surface area contributed by atoms with Crippen LogP contribution >= 0.6 is 15.9 Å². The van der Waals surface area contributed by atoms with Crippen molar-refractivity contribution in [1.29, 1.82) is 0 Å². The van der Waals surface area contributed by atoms with Crippen molar-refractivity contribution in [3.05, 3.63) is 0 Å². The van der Waals surface area contributed by atoms with Crippen LogP contribution in [0.25, 0.3) is 0 Å². The Balaban J connectivity index is 2.30. The summed E-state index contributed by atoms with van der Waals surface area (Å²) < 4.78 is 6.13. The van der Waals surface area contributed by atoms with Crippen molar-refractivity contribution in [3.8, 4) is 0 Å². The molecule has 2 atom stereocenters. The van der Waals surface area contributed by atoms with Crippen LogP contribution in [0.3, 0.4) is 0 Å². The maximum Gasteiger partial charge on any atom is 0.0700 e. The van der Waals surface area contributed by atoms with Crippen molar-refractivity contribution in [2.24, 2.45) is 5.92 Å². The Kier molecular flexibility index (Phi) is 7.72. The first-order chi connectivity index (χ1) is 7.77. The van der Waals surface area contributed by atoms with Crippen LogP contribution in [0, 0.1) is 5.92 Å². The van der Waals surface area contributed by atoms with Crippen LogP contribution in [0.5, 0.6) is 0 Å². The molecule has 0 aromatic heterocycles. The van der Waals surface area contributed by atoms with Crippen LogP contribution in [0.2, 0.25) is 0 Å². The lowest BCUT2D eigenvalue weighted by atomic mass is 9.98. The second-order valence-electron chi connectivity index (χ2n) is 5.06. The van der Waals surface area contributed by atoms with E-state index in [2.05, 4.69) is 29.8 Å². The zero-order valence-corrected chi connectivity index (χ0v) is 12.5. The normalized spacial score (nSPS) is 27.8. The Morgan fingerprint density at radius 1 is 1.06 bits per heavy atom.